The van der Waals surface area contributed by atoms with Crippen molar-refractivity contribution in [2.24, 2.45) is 0 Å². The molecular weight excluding hydrogens is 384 g/mol. The lowest BCUT2D eigenvalue weighted by atomic mass is 9.85. The Balaban J connectivity index is 1.82. The second-order valence-corrected chi connectivity index (χ2v) is 8.20. The van der Waals surface area contributed by atoms with Crippen LogP contribution in [0.25, 0.3) is 33.0 Å². The molecule has 0 saturated carbocycles. The average molecular weight is 403 g/mol. The summed E-state index contributed by atoms with van der Waals surface area (Å²) >= 11 is 7.18. The van der Waals surface area contributed by atoms with Crippen molar-refractivity contribution < 1.29 is 0 Å². The summed E-state index contributed by atoms with van der Waals surface area (Å²) in [7, 11) is 0. The molecular formula is C29H19Cl. The summed E-state index contributed by atoms with van der Waals surface area (Å²) < 4.78 is 0. The first-order valence-corrected chi connectivity index (χ1v) is 10.7. The molecule has 0 aromatic heterocycles. The Morgan fingerprint density at radius 1 is 0.533 bits per heavy atom. The first-order chi connectivity index (χ1) is 14.8. The van der Waals surface area contributed by atoms with E-state index in [1.165, 1.54) is 44.3 Å². The van der Waals surface area contributed by atoms with Crippen molar-refractivity contribution in [2.75, 3.05) is 0 Å². The Bertz CT molecular complexity index is 1380. The summed E-state index contributed by atoms with van der Waals surface area (Å²) in [5.74, 6) is 0.136. The fraction of sp³-hybridized carbons (Fsp3) is 0.0345. The van der Waals surface area contributed by atoms with Crippen molar-refractivity contribution in [1.82, 2.24) is 0 Å². The van der Waals surface area contributed by atoms with Crippen molar-refractivity contribution in [3.63, 3.8) is 0 Å². The minimum Gasteiger partial charge on any atom is -0.0833 e. The molecule has 30 heavy (non-hydrogen) atoms. The van der Waals surface area contributed by atoms with Gasteiger partial charge in [-0.2, -0.15) is 0 Å². The van der Waals surface area contributed by atoms with E-state index in [0.29, 0.717) is 0 Å². The highest BCUT2D eigenvalue weighted by Gasteiger charge is 2.35. The molecule has 142 valence electrons. The van der Waals surface area contributed by atoms with Gasteiger partial charge in [0.05, 0.1) is 5.02 Å². The molecule has 0 heterocycles. The van der Waals surface area contributed by atoms with Crippen molar-refractivity contribution in [1.29, 1.82) is 0 Å². The highest BCUT2D eigenvalue weighted by Crippen LogP contribution is 2.56. The van der Waals surface area contributed by atoms with E-state index in [2.05, 4.69) is 109 Å². The Labute approximate surface area is 181 Å². The first-order valence-electron chi connectivity index (χ1n) is 10.3. The molecule has 1 aliphatic carbocycles. The zero-order valence-electron chi connectivity index (χ0n) is 16.3. The average Bonchev–Trinajstić information content (AvgIpc) is 3.16. The molecule has 1 atom stereocenters. The number of hydrogen-bond acceptors (Lipinski definition) is 0. The first kappa shape index (κ1) is 17.5. The maximum absolute atomic E-state index is 7.18. The van der Waals surface area contributed by atoms with Crippen LogP contribution in [0.1, 0.15) is 22.6 Å². The fourth-order valence-corrected chi connectivity index (χ4v) is 5.36. The van der Waals surface area contributed by atoms with E-state index in [1.807, 2.05) is 0 Å². The van der Waals surface area contributed by atoms with Gasteiger partial charge in [0.2, 0.25) is 0 Å². The van der Waals surface area contributed by atoms with Gasteiger partial charge in [0.1, 0.15) is 0 Å². The van der Waals surface area contributed by atoms with Crippen molar-refractivity contribution in [3.05, 3.63) is 131 Å². The molecule has 0 nitrogen and oxygen atoms in total. The van der Waals surface area contributed by atoms with Gasteiger partial charge >= 0.3 is 0 Å². The number of halogens is 1. The van der Waals surface area contributed by atoms with Crippen LogP contribution in [0.15, 0.2) is 109 Å². The van der Waals surface area contributed by atoms with E-state index < -0.39 is 0 Å². The lowest BCUT2D eigenvalue weighted by Gasteiger charge is -2.20. The zero-order chi connectivity index (χ0) is 20.1. The Morgan fingerprint density at radius 2 is 1.13 bits per heavy atom. The smallest absolute Gasteiger partial charge is 0.0532 e. The molecule has 5 aromatic rings. The van der Waals surface area contributed by atoms with Gasteiger partial charge in [-0.25, -0.2) is 0 Å². The molecule has 0 radical (unpaired) electrons. The third kappa shape index (κ3) is 2.47. The number of rotatable bonds is 2. The van der Waals surface area contributed by atoms with Gasteiger partial charge in [-0.1, -0.05) is 121 Å². The second-order valence-electron chi connectivity index (χ2n) is 7.82. The van der Waals surface area contributed by atoms with Crippen LogP contribution >= 0.6 is 11.6 Å². The highest BCUT2D eigenvalue weighted by molar-refractivity contribution is 6.38. The van der Waals surface area contributed by atoms with E-state index in [4.69, 9.17) is 11.6 Å². The molecule has 0 amide bonds. The number of benzene rings is 5. The van der Waals surface area contributed by atoms with E-state index in [-0.39, 0.29) is 5.92 Å². The predicted octanol–water partition coefficient (Wildman–Crippen LogP) is 8.32. The van der Waals surface area contributed by atoms with Gasteiger partial charge in [-0.05, 0) is 44.3 Å². The van der Waals surface area contributed by atoms with E-state index in [1.54, 1.807) is 0 Å². The van der Waals surface area contributed by atoms with Crippen LogP contribution < -0.4 is 0 Å². The van der Waals surface area contributed by atoms with Gasteiger partial charge < -0.3 is 0 Å². The van der Waals surface area contributed by atoms with Crippen LogP contribution in [-0.4, -0.2) is 0 Å². The summed E-state index contributed by atoms with van der Waals surface area (Å²) in [5, 5.41) is 3.19. The van der Waals surface area contributed by atoms with Crippen LogP contribution in [0, 0.1) is 0 Å². The monoisotopic (exact) mass is 402 g/mol. The highest BCUT2D eigenvalue weighted by atomic mass is 35.5. The van der Waals surface area contributed by atoms with Crippen LogP contribution in [-0.2, 0) is 0 Å². The van der Waals surface area contributed by atoms with Crippen LogP contribution in [0.4, 0.5) is 0 Å². The maximum Gasteiger partial charge on any atom is 0.0532 e. The molecule has 1 unspecified atom stereocenters. The summed E-state index contributed by atoms with van der Waals surface area (Å²) in [6.45, 7) is 0. The minimum absolute atomic E-state index is 0.136. The summed E-state index contributed by atoms with van der Waals surface area (Å²) in [5.41, 5.74) is 8.89. The lowest BCUT2D eigenvalue weighted by molar-refractivity contribution is 1.02. The second kappa shape index (κ2) is 6.86. The summed E-state index contributed by atoms with van der Waals surface area (Å²) in [6.07, 6.45) is 0. The van der Waals surface area contributed by atoms with Gasteiger partial charge in [-0.15, -0.1) is 0 Å². The Morgan fingerprint density at radius 3 is 1.90 bits per heavy atom. The molecule has 5 aromatic carbocycles. The largest absolute Gasteiger partial charge is 0.0833 e. The Hall–Kier alpha value is -3.35. The molecule has 0 fully saturated rings. The topological polar surface area (TPSA) is 0 Å². The van der Waals surface area contributed by atoms with Crippen LogP contribution in [0.3, 0.4) is 0 Å². The van der Waals surface area contributed by atoms with E-state index in [9.17, 15) is 0 Å². The fourth-order valence-electron chi connectivity index (χ4n) is 5.00. The van der Waals surface area contributed by atoms with Crippen molar-refractivity contribution in [3.8, 4) is 22.3 Å². The van der Waals surface area contributed by atoms with Crippen molar-refractivity contribution in [2.45, 2.75) is 5.92 Å². The SMILES string of the molecule is Clc1c2c(c(-c3ccccc3)c3ccccc13)-c1ccccc1C2c1ccccc1. The number of hydrogen-bond donors (Lipinski definition) is 0. The molecule has 0 saturated heterocycles. The quantitative estimate of drug-likeness (QED) is 0.273. The lowest BCUT2D eigenvalue weighted by Crippen LogP contribution is -2.00. The van der Waals surface area contributed by atoms with Crippen molar-refractivity contribution >= 4 is 22.4 Å². The van der Waals surface area contributed by atoms with Gasteiger partial charge in [0, 0.05) is 11.3 Å². The molecule has 0 aliphatic heterocycles. The number of fused-ring (bicyclic) bond motifs is 4. The normalized spacial score (nSPS) is 14.5. The van der Waals surface area contributed by atoms with Gasteiger partial charge in [-0.3, -0.25) is 0 Å². The summed E-state index contributed by atoms with van der Waals surface area (Å²) in [6, 6.07) is 38.7. The molecule has 1 aliphatic rings. The zero-order valence-corrected chi connectivity index (χ0v) is 17.1. The standard InChI is InChI=1S/C29H19Cl/c30-29-24-18-10-9-17-23(24)25(19-11-3-1-4-12-19)27-22-16-8-7-15-21(22)26(28(27)29)20-13-5-2-6-14-20/h1-18,26H. The Kier molecular flexibility index (Phi) is 4.00. The van der Waals surface area contributed by atoms with Gasteiger partial charge in [0.15, 0.2) is 0 Å². The molecule has 0 spiro atoms. The molecule has 6 rings (SSSR count). The van der Waals surface area contributed by atoms with Crippen LogP contribution in [0.5, 0.6) is 0 Å². The van der Waals surface area contributed by atoms with E-state index in [0.717, 1.165) is 10.4 Å². The molecule has 0 N–H and O–H groups in total. The van der Waals surface area contributed by atoms with E-state index >= 15 is 0 Å². The summed E-state index contributed by atoms with van der Waals surface area (Å²) in [4.78, 5) is 0. The predicted molar refractivity (Wildman–Crippen MR) is 127 cm³/mol. The third-order valence-corrected chi connectivity index (χ3v) is 6.62. The third-order valence-electron chi connectivity index (χ3n) is 6.21. The van der Waals surface area contributed by atoms with Gasteiger partial charge in [0.25, 0.3) is 0 Å². The maximum atomic E-state index is 7.18. The molecule has 0 bridgehead atoms. The minimum atomic E-state index is 0.136. The van der Waals surface area contributed by atoms with Crippen LogP contribution in [0.2, 0.25) is 5.02 Å². The molecule has 1 heteroatoms.